The van der Waals surface area contributed by atoms with Gasteiger partial charge in [-0.2, -0.15) is 0 Å². The Kier molecular flexibility index (Phi) is 27.5. The van der Waals surface area contributed by atoms with Crippen LogP contribution in [0.2, 0.25) is 0 Å². The minimum atomic E-state index is -0.884. The van der Waals surface area contributed by atoms with Gasteiger partial charge in [-0.1, -0.05) is 150 Å². The number of carboxylic acids is 3. The van der Waals surface area contributed by atoms with Crippen molar-refractivity contribution in [2.45, 2.75) is 182 Å². The van der Waals surface area contributed by atoms with E-state index in [0.717, 1.165) is 19.3 Å². The van der Waals surface area contributed by atoms with Gasteiger partial charge in [0.25, 0.3) is 0 Å². The molecule has 266 valence electrons. The molecule has 0 aromatic rings. The van der Waals surface area contributed by atoms with Crippen molar-refractivity contribution in [1.82, 2.24) is 0 Å². The molecule has 0 aromatic heterocycles. The van der Waals surface area contributed by atoms with Gasteiger partial charge >= 0.3 is 17.9 Å². The molecule has 0 saturated heterocycles. The maximum absolute atomic E-state index is 12.0. The fourth-order valence-corrected chi connectivity index (χ4v) is 6.92. The van der Waals surface area contributed by atoms with Gasteiger partial charge < -0.3 is 19.8 Å². The summed E-state index contributed by atoms with van der Waals surface area (Å²) in [6.45, 7) is 9.31. The van der Waals surface area contributed by atoms with Gasteiger partial charge in [0.05, 0.1) is 26.2 Å². The summed E-state index contributed by atoms with van der Waals surface area (Å²) in [6.07, 6.45) is 28.9. The number of carboxylic acid groups (broad SMARTS) is 3. The largest absolute Gasteiger partial charge is 0.481 e. The lowest BCUT2D eigenvalue weighted by Gasteiger charge is -2.43. The van der Waals surface area contributed by atoms with Gasteiger partial charge in [0.2, 0.25) is 0 Å². The Morgan fingerprint density at radius 1 is 0.400 bits per heavy atom. The lowest BCUT2D eigenvalue weighted by atomic mass is 9.95. The summed E-state index contributed by atoms with van der Waals surface area (Å²) in [4.78, 5) is 36.0. The summed E-state index contributed by atoms with van der Waals surface area (Å²) in [5.41, 5.74) is 0. The predicted molar refractivity (Wildman–Crippen MR) is 187 cm³/mol. The van der Waals surface area contributed by atoms with Gasteiger partial charge in [0.1, 0.15) is 17.8 Å². The molecule has 0 rings (SSSR count). The molecule has 3 unspecified atom stereocenters. The van der Waals surface area contributed by atoms with Crippen LogP contribution in [0.25, 0.3) is 0 Å². The number of hydrogen-bond donors (Lipinski definition) is 3. The normalized spacial score (nSPS) is 14.9. The quantitative estimate of drug-likeness (QED) is 0.0476. The summed E-state index contributed by atoms with van der Waals surface area (Å²) in [6, 6.07) is 0. The molecule has 0 bridgehead atoms. The summed E-state index contributed by atoms with van der Waals surface area (Å²) >= 11 is 0. The summed E-state index contributed by atoms with van der Waals surface area (Å²) < 4.78 is 0.263. The van der Waals surface area contributed by atoms with Crippen LogP contribution in [0.1, 0.15) is 182 Å². The number of aliphatic carboxylic acids is 3. The lowest BCUT2D eigenvalue weighted by molar-refractivity contribution is -0.935. The van der Waals surface area contributed by atoms with Crippen LogP contribution in [0.4, 0.5) is 0 Å². The van der Waals surface area contributed by atoms with Gasteiger partial charge in [0, 0.05) is 0 Å². The molecule has 0 heterocycles. The maximum atomic E-state index is 12.0. The number of quaternary nitrogens is 1. The molecule has 0 saturated carbocycles. The van der Waals surface area contributed by atoms with Crippen molar-refractivity contribution in [3.8, 4) is 0 Å². The summed E-state index contributed by atoms with van der Waals surface area (Å²) in [7, 11) is 0. The van der Waals surface area contributed by atoms with Crippen LogP contribution in [0.15, 0.2) is 0 Å². The highest BCUT2D eigenvalue weighted by Gasteiger charge is 2.40. The number of unbranched alkanes of at least 4 members (excludes halogenated alkanes) is 20. The van der Waals surface area contributed by atoms with Crippen molar-refractivity contribution in [3.05, 3.63) is 0 Å². The first-order valence-corrected chi connectivity index (χ1v) is 19.2. The van der Waals surface area contributed by atoms with Crippen LogP contribution in [-0.2, 0) is 14.4 Å². The fraction of sp³-hybridized carbons (Fsp3) is 0.921. The summed E-state index contributed by atoms with van der Waals surface area (Å²) in [5.74, 6) is -4.49. The Labute approximate surface area is 277 Å². The van der Waals surface area contributed by atoms with E-state index in [2.05, 4.69) is 6.92 Å². The molecular weight excluding hydrogens is 566 g/mol. The van der Waals surface area contributed by atoms with E-state index in [4.69, 9.17) is 0 Å². The van der Waals surface area contributed by atoms with Crippen LogP contribution < -0.4 is 0 Å². The number of nitrogens with zero attached hydrogens (tertiary/aromatic N) is 1. The van der Waals surface area contributed by atoms with E-state index >= 15 is 0 Å². The van der Waals surface area contributed by atoms with Crippen LogP contribution in [0.5, 0.6) is 0 Å². The van der Waals surface area contributed by atoms with Crippen LogP contribution in [0, 0.1) is 17.8 Å². The smallest absolute Gasteiger partial charge is 0.312 e. The highest BCUT2D eigenvalue weighted by molar-refractivity contribution is 5.71. The topological polar surface area (TPSA) is 112 Å². The average Bonchev–Trinajstić information content (AvgIpc) is 3.01. The molecule has 3 N–H and O–H groups in total. The van der Waals surface area contributed by atoms with E-state index in [-0.39, 0.29) is 4.48 Å². The Hall–Kier alpha value is -1.63. The number of carbonyl (C=O) groups is 3. The Balaban J connectivity index is 4.44. The summed E-state index contributed by atoms with van der Waals surface area (Å²) in [5, 5.41) is 29.5. The van der Waals surface area contributed by atoms with Gasteiger partial charge in [-0.05, 0) is 32.1 Å². The van der Waals surface area contributed by atoms with Gasteiger partial charge in [-0.3, -0.25) is 14.4 Å². The van der Waals surface area contributed by atoms with Gasteiger partial charge in [0.15, 0.2) is 0 Å². The minimum absolute atomic E-state index is 0.263. The third-order valence-corrected chi connectivity index (χ3v) is 10.1. The van der Waals surface area contributed by atoms with E-state index < -0.39 is 35.7 Å². The number of rotatable bonds is 34. The predicted octanol–water partition coefficient (Wildman–Crippen LogP) is 10.3. The molecule has 0 amide bonds. The van der Waals surface area contributed by atoms with Gasteiger partial charge in [-0.15, -0.1) is 0 Å². The SMILES string of the molecule is CCCCCCCCCCCCCCCCCCCCCCC[N+](CC(CC)C(=O)O)(CC(CC)C(=O)O)CC(CC)C(=O)O. The molecule has 0 spiro atoms. The zero-order valence-electron chi connectivity index (χ0n) is 30.0. The first-order valence-electron chi connectivity index (χ1n) is 19.2. The van der Waals surface area contributed by atoms with E-state index in [1.165, 1.54) is 116 Å². The molecule has 0 fully saturated rings. The molecule has 0 aliphatic rings. The van der Waals surface area contributed by atoms with E-state index in [9.17, 15) is 29.7 Å². The first-order chi connectivity index (χ1) is 21.7. The average molecular weight is 641 g/mol. The molecule has 0 aliphatic heterocycles. The molecule has 0 radical (unpaired) electrons. The zero-order valence-corrected chi connectivity index (χ0v) is 30.0. The molecule has 7 nitrogen and oxygen atoms in total. The van der Waals surface area contributed by atoms with Crippen molar-refractivity contribution in [2.24, 2.45) is 17.8 Å². The Morgan fingerprint density at radius 3 is 0.822 bits per heavy atom. The molecule has 0 aliphatic carbocycles. The third kappa shape index (κ3) is 22.5. The van der Waals surface area contributed by atoms with Crippen molar-refractivity contribution in [1.29, 1.82) is 0 Å². The Morgan fingerprint density at radius 2 is 0.622 bits per heavy atom. The second-order valence-electron chi connectivity index (χ2n) is 14.0. The second-order valence-corrected chi connectivity index (χ2v) is 14.0. The fourth-order valence-electron chi connectivity index (χ4n) is 6.92. The van der Waals surface area contributed by atoms with Crippen molar-refractivity contribution < 1.29 is 34.2 Å². The molecule has 0 aromatic carbocycles. The van der Waals surface area contributed by atoms with Crippen molar-refractivity contribution in [3.63, 3.8) is 0 Å². The van der Waals surface area contributed by atoms with E-state index in [1.807, 2.05) is 20.8 Å². The Bertz CT molecular complexity index is 682. The van der Waals surface area contributed by atoms with Crippen LogP contribution in [-0.4, -0.2) is 63.9 Å². The number of hydrogen-bond acceptors (Lipinski definition) is 3. The van der Waals surface area contributed by atoms with Crippen molar-refractivity contribution in [2.75, 3.05) is 26.2 Å². The highest BCUT2D eigenvalue weighted by Crippen LogP contribution is 2.25. The molecule has 3 atom stereocenters. The minimum Gasteiger partial charge on any atom is -0.481 e. The lowest BCUT2D eigenvalue weighted by Crippen LogP contribution is -2.58. The second kappa shape index (κ2) is 28.6. The van der Waals surface area contributed by atoms with Crippen molar-refractivity contribution >= 4 is 17.9 Å². The molecule has 7 heteroatoms. The standard InChI is InChI=1S/C38H73NO6/c1-5-9-10-11-12-13-14-15-16-17-18-19-20-21-22-23-24-25-26-27-28-29-39(30-33(6-2)36(40)41,31-34(7-3)37(42)43)32-35(8-4)38(44)45/h33-35H,5-32H2,1-4H3,(H2-,40,41,42,43,44,45)/p+1. The monoisotopic (exact) mass is 641 g/mol. The maximum Gasteiger partial charge on any atom is 0.312 e. The zero-order chi connectivity index (χ0) is 33.8. The first kappa shape index (κ1) is 43.4. The van der Waals surface area contributed by atoms with E-state index in [1.54, 1.807) is 0 Å². The third-order valence-electron chi connectivity index (χ3n) is 10.1. The van der Waals surface area contributed by atoms with Crippen LogP contribution >= 0.6 is 0 Å². The van der Waals surface area contributed by atoms with Crippen LogP contribution in [0.3, 0.4) is 0 Å². The van der Waals surface area contributed by atoms with Gasteiger partial charge in [-0.25, -0.2) is 0 Å². The molecular formula is C38H74NO6+. The molecule has 45 heavy (non-hydrogen) atoms. The van der Waals surface area contributed by atoms with E-state index in [0.29, 0.717) is 45.4 Å². The highest BCUT2D eigenvalue weighted by atomic mass is 16.4.